The van der Waals surface area contributed by atoms with Crippen LogP contribution in [0.3, 0.4) is 0 Å². The Balaban J connectivity index is 3.89. The number of carbonyl (C=O) groups excluding carboxylic acids is 1. The Morgan fingerprint density at radius 1 is 1.36 bits per heavy atom. The van der Waals surface area contributed by atoms with Gasteiger partial charge < -0.3 is 5.32 Å². The van der Waals surface area contributed by atoms with Crippen LogP contribution in [0.1, 0.15) is 19.8 Å². The molecule has 0 bridgehead atoms. The second kappa shape index (κ2) is 5.98. The highest BCUT2D eigenvalue weighted by Gasteiger charge is 2.15. The normalized spacial score (nSPS) is 11.7. The molecule has 6 heteroatoms. The maximum absolute atomic E-state index is 11.3. The summed E-state index contributed by atoms with van der Waals surface area (Å²) in [7, 11) is -0.331. The number of amides is 1. The minimum absolute atomic E-state index is 0.0283. The molecule has 0 saturated carbocycles. The summed E-state index contributed by atoms with van der Waals surface area (Å²) in [6.07, 6.45) is 0.882. The lowest BCUT2D eigenvalue weighted by Gasteiger charge is -2.10. The van der Waals surface area contributed by atoms with E-state index in [1.54, 1.807) is 0 Å². The van der Waals surface area contributed by atoms with E-state index in [2.05, 4.69) is 5.32 Å². The van der Waals surface area contributed by atoms with Gasteiger partial charge in [-0.1, -0.05) is 6.92 Å². The lowest BCUT2D eigenvalue weighted by molar-refractivity contribution is -0.120. The molecule has 0 unspecified atom stereocenters. The maximum Gasteiger partial charge on any atom is 0.221 e. The Morgan fingerprint density at radius 2 is 1.93 bits per heavy atom. The highest BCUT2D eigenvalue weighted by molar-refractivity contribution is 7.89. The van der Waals surface area contributed by atoms with Crippen molar-refractivity contribution < 1.29 is 13.2 Å². The van der Waals surface area contributed by atoms with E-state index in [9.17, 15) is 13.2 Å². The minimum atomic E-state index is -3.25. The van der Waals surface area contributed by atoms with Gasteiger partial charge in [-0.3, -0.25) is 4.79 Å². The van der Waals surface area contributed by atoms with Crippen molar-refractivity contribution in [2.75, 3.05) is 26.4 Å². The molecule has 84 valence electrons. The van der Waals surface area contributed by atoms with Crippen LogP contribution in [-0.4, -0.2) is 45.0 Å². The summed E-state index contributed by atoms with van der Waals surface area (Å²) in [6.45, 7) is 2.54. The van der Waals surface area contributed by atoms with Crippen LogP contribution < -0.4 is 5.32 Å². The van der Waals surface area contributed by atoms with E-state index in [1.807, 2.05) is 6.92 Å². The smallest absolute Gasteiger partial charge is 0.221 e. The van der Waals surface area contributed by atoms with E-state index >= 15 is 0 Å². The molecule has 0 radical (unpaired) electrons. The van der Waals surface area contributed by atoms with Gasteiger partial charge in [0.15, 0.2) is 0 Å². The SMILES string of the molecule is CCCNC(=O)CCS(=O)(=O)N(C)C. The fourth-order valence-corrected chi connectivity index (χ4v) is 1.57. The van der Waals surface area contributed by atoms with E-state index in [-0.39, 0.29) is 18.1 Å². The van der Waals surface area contributed by atoms with Gasteiger partial charge in [-0.05, 0) is 6.42 Å². The first-order chi connectivity index (χ1) is 6.40. The maximum atomic E-state index is 11.3. The molecule has 0 fully saturated rings. The van der Waals surface area contributed by atoms with Gasteiger partial charge in [-0.25, -0.2) is 12.7 Å². The van der Waals surface area contributed by atoms with Crippen molar-refractivity contribution >= 4 is 15.9 Å². The summed E-state index contributed by atoms with van der Waals surface area (Å²) < 4.78 is 23.6. The topological polar surface area (TPSA) is 66.5 Å². The number of hydrogen-bond acceptors (Lipinski definition) is 3. The number of hydrogen-bond donors (Lipinski definition) is 1. The van der Waals surface area contributed by atoms with Gasteiger partial charge >= 0.3 is 0 Å². The van der Waals surface area contributed by atoms with Crippen molar-refractivity contribution in [2.24, 2.45) is 0 Å². The van der Waals surface area contributed by atoms with Crippen molar-refractivity contribution in [1.29, 1.82) is 0 Å². The van der Waals surface area contributed by atoms with Crippen molar-refractivity contribution in [3.63, 3.8) is 0 Å². The first kappa shape index (κ1) is 13.4. The Hall–Kier alpha value is -0.620. The van der Waals surface area contributed by atoms with Gasteiger partial charge in [0, 0.05) is 27.1 Å². The number of sulfonamides is 1. The van der Waals surface area contributed by atoms with Crippen molar-refractivity contribution in [3.05, 3.63) is 0 Å². The fraction of sp³-hybridized carbons (Fsp3) is 0.875. The second-order valence-electron chi connectivity index (χ2n) is 3.20. The average molecular weight is 222 g/mol. The molecule has 0 atom stereocenters. The number of nitrogens with one attached hydrogen (secondary N) is 1. The molecule has 0 aromatic carbocycles. The van der Waals surface area contributed by atoms with Gasteiger partial charge in [0.2, 0.25) is 15.9 Å². The second-order valence-corrected chi connectivity index (χ2v) is 5.50. The summed E-state index contributed by atoms with van der Waals surface area (Å²) in [5, 5.41) is 2.62. The monoisotopic (exact) mass is 222 g/mol. The van der Waals surface area contributed by atoms with Crippen LogP contribution >= 0.6 is 0 Å². The Morgan fingerprint density at radius 3 is 2.36 bits per heavy atom. The molecule has 0 heterocycles. The zero-order valence-electron chi connectivity index (χ0n) is 8.91. The van der Waals surface area contributed by atoms with E-state index < -0.39 is 10.0 Å². The summed E-state index contributed by atoms with van der Waals surface area (Å²) in [4.78, 5) is 11.1. The van der Waals surface area contributed by atoms with E-state index in [0.717, 1.165) is 10.7 Å². The number of nitrogens with zero attached hydrogens (tertiary/aromatic N) is 1. The molecular formula is C8H18N2O3S. The first-order valence-electron chi connectivity index (χ1n) is 4.57. The third kappa shape index (κ3) is 5.18. The van der Waals surface area contributed by atoms with Gasteiger partial charge in [-0.15, -0.1) is 0 Å². The highest BCUT2D eigenvalue weighted by Crippen LogP contribution is 1.96. The van der Waals surface area contributed by atoms with E-state index in [1.165, 1.54) is 14.1 Å². The van der Waals surface area contributed by atoms with Gasteiger partial charge in [-0.2, -0.15) is 0 Å². The number of rotatable bonds is 6. The Labute approximate surface area is 85.5 Å². The highest BCUT2D eigenvalue weighted by atomic mass is 32.2. The van der Waals surface area contributed by atoms with Crippen LogP contribution in [0.25, 0.3) is 0 Å². The molecular weight excluding hydrogens is 204 g/mol. The summed E-state index contributed by atoms with van der Waals surface area (Å²) >= 11 is 0. The van der Waals surface area contributed by atoms with Crippen molar-refractivity contribution in [3.8, 4) is 0 Å². The standard InChI is InChI=1S/C8H18N2O3S/c1-4-6-9-8(11)5-7-14(12,13)10(2)3/h4-7H2,1-3H3,(H,9,11). The molecule has 0 aromatic rings. The summed E-state index contributed by atoms with van der Waals surface area (Å²) in [6, 6.07) is 0. The van der Waals surface area contributed by atoms with Crippen LogP contribution in [0.2, 0.25) is 0 Å². The molecule has 0 aliphatic heterocycles. The van der Waals surface area contributed by atoms with E-state index in [0.29, 0.717) is 6.54 Å². The van der Waals surface area contributed by atoms with Gasteiger partial charge in [0.25, 0.3) is 0 Å². The van der Waals surface area contributed by atoms with Crippen molar-refractivity contribution in [1.82, 2.24) is 9.62 Å². The molecule has 5 nitrogen and oxygen atoms in total. The molecule has 0 aliphatic rings. The van der Waals surface area contributed by atoms with Crippen LogP contribution in [0, 0.1) is 0 Å². The van der Waals surface area contributed by atoms with Crippen LogP contribution in [-0.2, 0) is 14.8 Å². The van der Waals surface area contributed by atoms with E-state index in [4.69, 9.17) is 0 Å². The zero-order valence-corrected chi connectivity index (χ0v) is 9.73. The molecule has 14 heavy (non-hydrogen) atoms. The predicted octanol–water partition coefficient (Wildman–Crippen LogP) is -0.206. The summed E-state index contributed by atoms with van der Waals surface area (Å²) in [5.74, 6) is -0.340. The van der Waals surface area contributed by atoms with Crippen LogP contribution in [0.15, 0.2) is 0 Å². The van der Waals surface area contributed by atoms with Gasteiger partial charge in [0.1, 0.15) is 0 Å². The predicted molar refractivity (Wildman–Crippen MR) is 55.4 cm³/mol. The zero-order chi connectivity index (χ0) is 11.2. The molecule has 0 rings (SSSR count). The van der Waals surface area contributed by atoms with Crippen molar-refractivity contribution in [2.45, 2.75) is 19.8 Å². The largest absolute Gasteiger partial charge is 0.356 e. The first-order valence-corrected chi connectivity index (χ1v) is 6.18. The lowest BCUT2D eigenvalue weighted by atomic mass is 10.4. The van der Waals surface area contributed by atoms with Crippen LogP contribution in [0.4, 0.5) is 0 Å². The number of carbonyl (C=O) groups is 1. The Bertz CT molecular complexity index is 272. The summed E-state index contributed by atoms with van der Waals surface area (Å²) in [5.41, 5.74) is 0. The third-order valence-electron chi connectivity index (χ3n) is 1.72. The molecule has 0 aromatic heterocycles. The molecule has 0 saturated heterocycles. The fourth-order valence-electron chi connectivity index (χ4n) is 0.757. The quantitative estimate of drug-likeness (QED) is 0.676. The average Bonchev–Trinajstić information content (AvgIpc) is 2.11. The van der Waals surface area contributed by atoms with Crippen LogP contribution in [0.5, 0.6) is 0 Å². The molecule has 0 spiro atoms. The molecule has 1 N–H and O–H groups in total. The van der Waals surface area contributed by atoms with Gasteiger partial charge in [0.05, 0.1) is 5.75 Å². The lowest BCUT2D eigenvalue weighted by Crippen LogP contribution is -2.30. The Kier molecular flexibility index (Phi) is 5.71. The molecule has 1 amide bonds. The molecule has 0 aliphatic carbocycles. The third-order valence-corrected chi connectivity index (χ3v) is 3.55. The minimum Gasteiger partial charge on any atom is -0.356 e.